The van der Waals surface area contributed by atoms with Gasteiger partial charge in [0, 0.05) is 29.9 Å². The number of hydrogen-bond acceptors (Lipinski definition) is 3. The smallest absolute Gasteiger partial charge is 0.229 e. The SMILES string of the molecule is CC(=O)c1cccc(N2CC(C(=O)Nc3c(C)cc(C)cc3C)CC2=O)c1. The number of benzene rings is 2. The number of hydrogen-bond donors (Lipinski definition) is 1. The van der Waals surface area contributed by atoms with Gasteiger partial charge in [-0.15, -0.1) is 0 Å². The van der Waals surface area contributed by atoms with Crippen molar-refractivity contribution in [3.63, 3.8) is 0 Å². The van der Waals surface area contributed by atoms with Crippen LogP contribution in [0.3, 0.4) is 0 Å². The van der Waals surface area contributed by atoms with Crippen molar-refractivity contribution in [1.82, 2.24) is 0 Å². The van der Waals surface area contributed by atoms with Crippen LogP contribution in [-0.4, -0.2) is 24.1 Å². The molecule has 2 aromatic rings. The predicted molar refractivity (Wildman–Crippen MR) is 106 cm³/mol. The molecule has 0 saturated carbocycles. The van der Waals surface area contributed by atoms with Gasteiger partial charge in [0.25, 0.3) is 0 Å². The average Bonchev–Trinajstić information content (AvgIpc) is 3.00. The van der Waals surface area contributed by atoms with Crippen LogP contribution in [0, 0.1) is 26.7 Å². The monoisotopic (exact) mass is 364 g/mol. The molecule has 0 spiro atoms. The second-order valence-corrected chi connectivity index (χ2v) is 7.27. The lowest BCUT2D eigenvalue weighted by molar-refractivity contribution is -0.122. The number of carbonyl (C=O) groups is 3. The molecule has 1 fully saturated rings. The highest BCUT2D eigenvalue weighted by molar-refractivity contribution is 6.04. The van der Waals surface area contributed by atoms with Crippen molar-refractivity contribution in [2.75, 3.05) is 16.8 Å². The Balaban J connectivity index is 1.77. The fourth-order valence-corrected chi connectivity index (χ4v) is 3.63. The van der Waals surface area contributed by atoms with E-state index in [9.17, 15) is 14.4 Å². The number of carbonyl (C=O) groups excluding carboxylic acids is 3. The number of nitrogens with one attached hydrogen (secondary N) is 1. The van der Waals surface area contributed by atoms with E-state index in [0.717, 1.165) is 22.4 Å². The van der Waals surface area contributed by atoms with E-state index in [-0.39, 0.29) is 24.0 Å². The van der Waals surface area contributed by atoms with Gasteiger partial charge in [-0.1, -0.05) is 29.8 Å². The number of nitrogens with zero attached hydrogens (tertiary/aromatic N) is 1. The van der Waals surface area contributed by atoms with Crippen molar-refractivity contribution in [3.05, 3.63) is 58.7 Å². The lowest BCUT2D eigenvalue weighted by Gasteiger charge is -2.18. The topological polar surface area (TPSA) is 66.5 Å². The minimum atomic E-state index is -0.418. The molecule has 27 heavy (non-hydrogen) atoms. The summed E-state index contributed by atoms with van der Waals surface area (Å²) >= 11 is 0. The van der Waals surface area contributed by atoms with Crippen LogP contribution in [0.4, 0.5) is 11.4 Å². The van der Waals surface area contributed by atoms with Crippen LogP contribution in [0.2, 0.25) is 0 Å². The standard InChI is InChI=1S/C22H24N2O3/c1-13-8-14(2)21(15(3)9-13)23-22(27)18-11-20(26)24(12-18)19-7-5-6-17(10-19)16(4)25/h5-10,18H,11-12H2,1-4H3,(H,23,27). The van der Waals surface area contributed by atoms with Crippen LogP contribution in [0.5, 0.6) is 0 Å². The third-order valence-corrected chi connectivity index (χ3v) is 4.99. The zero-order valence-electron chi connectivity index (χ0n) is 16.1. The summed E-state index contributed by atoms with van der Waals surface area (Å²) in [5.41, 5.74) is 5.20. The molecule has 5 heteroatoms. The van der Waals surface area contributed by atoms with Gasteiger partial charge in [0.2, 0.25) is 11.8 Å². The maximum atomic E-state index is 12.8. The molecule has 1 atom stereocenters. The van der Waals surface area contributed by atoms with Gasteiger partial charge >= 0.3 is 0 Å². The number of amides is 2. The number of Topliss-reactive ketones (excluding diaryl/α,β-unsaturated/α-hetero) is 1. The fourth-order valence-electron chi connectivity index (χ4n) is 3.63. The minimum Gasteiger partial charge on any atom is -0.325 e. The normalized spacial score (nSPS) is 16.5. The largest absolute Gasteiger partial charge is 0.325 e. The Bertz CT molecular complexity index is 910. The van der Waals surface area contributed by atoms with Crippen molar-refractivity contribution in [3.8, 4) is 0 Å². The highest BCUT2D eigenvalue weighted by Crippen LogP contribution is 2.28. The van der Waals surface area contributed by atoms with Gasteiger partial charge in [-0.05, 0) is 51.0 Å². The van der Waals surface area contributed by atoms with Crippen molar-refractivity contribution in [2.45, 2.75) is 34.1 Å². The van der Waals surface area contributed by atoms with Crippen molar-refractivity contribution in [1.29, 1.82) is 0 Å². The molecule has 1 N–H and O–H groups in total. The average molecular weight is 364 g/mol. The second-order valence-electron chi connectivity index (χ2n) is 7.27. The van der Waals surface area contributed by atoms with Crippen molar-refractivity contribution >= 4 is 29.0 Å². The quantitative estimate of drug-likeness (QED) is 0.839. The number of rotatable bonds is 4. The zero-order chi connectivity index (χ0) is 19.7. The first kappa shape index (κ1) is 18.8. The predicted octanol–water partition coefficient (Wildman–Crippen LogP) is 3.81. The first-order valence-corrected chi connectivity index (χ1v) is 9.06. The summed E-state index contributed by atoms with van der Waals surface area (Å²) in [6, 6.07) is 11.0. The van der Waals surface area contributed by atoms with Gasteiger partial charge in [-0.2, -0.15) is 0 Å². The van der Waals surface area contributed by atoms with E-state index in [2.05, 4.69) is 5.32 Å². The molecular formula is C22H24N2O3. The lowest BCUT2D eigenvalue weighted by Crippen LogP contribution is -2.28. The van der Waals surface area contributed by atoms with Crippen molar-refractivity contribution < 1.29 is 14.4 Å². The van der Waals surface area contributed by atoms with E-state index < -0.39 is 5.92 Å². The summed E-state index contributed by atoms with van der Waals surface area (Å²) < 4.78 is 0. The number of ketones is 1. The number of aryl methyl sites for hydroxylation is 3. The third-order valence-electron chi connectivity index (χ3n) is 4.99. The van der Waals surface area contributed by atoms with Gasteiger partial charge < -0.3 is 10.2 Å². The molecule has 3 rings (SSSR count). The molecule has 0 aliphatic carbocycles. The minimum absolute atomic E-state index is 0.0527. The molecule has 1 aliphatic heterocycles. The van der Waals surface area contributed by atoms with Crippen LogP contribution in [0.1, 0.15) is 40.4 Å². The van der Waals surface area contributed by atoms with Gasteiger partial charge in [-0.3, -0.25) is 14.4 Å². The van der Waals surface area contributed by atoms with Gasteiger partial charge in [0.1, 0.15) is 0 Å². The fraction of sp³-hybridized carbons (Fsp3) is 0.318. The van der Waals surface area contributed by atoms with E-state index in [1.165, 1.54) is 6.92 Å². The second kappa shape index (κ2) is 7.35. The Morgan fingerprint density at radius 2 is 1.74 bits per heavy atom. The van der Waals surface area contributed by atoms with Gasteiger partial charge in [0.05, 0.1) is 5.92 Å². The van der Waals surface area contributed by atoms with E-state index in [4.69, 9.17) is 0 Å². The lowest BCUT2D eigenvalue weighted by atomic mass is 10.0. The maximum absolute atomic E-state index is 12.8. The molecule has 0 bridgehead atoms. The molecule has 2 aromatic carbocycles. The molecular weight excluding hydrogens is 340 g/mol. The van der Waals surface area contributed by atoms with Crippen LogP contribution >= 0.6 is 0 Å². The molecule has 1 heterocycles. The first-order valence-electron chi connectivity index (χ1n) is 9.06. The van der Waals surface area contributed by atoms with Crippen LogP contribution in [0.15, 0.2) is 36.4 Å². The highest BCUT2D eigenvalue weighted by atomic mass is 16.2. The van der Waals surface area contributed by atoms with E-state index in [0.29, 0.717) is 17.8 Å². The van der Waals surface area contributed by atoms with Gasteiger partial charge in [0.15, 0.2) is 5.78 Å². The Labute approximate surface area is 159 Å². The zero-order valence-corrected chi connectivity index (χ0v) is 16.1. The molecule has 1 saturated heterocycles. The van der Waals surface area contributed by atoms with Crippen molar-refractivity contribution in [2.24, 2.45) is 5.92 Å². The van der Waals surface area contributed by atoms with Gasteiger partial charge in [-0.25, -0.2) is 0 Å². The summed E-state index contributed by atoms with van der Waals surface area (Å²) in [6.45, 7) is 7.77. The Morgan fingerprint density at radius 1 is 1.07 bits per heavy atom. The van der Waals surface area contributed by atoms with Crippen LogP contribution in [0.25, 0.3) is 0 Å². The molecule has 5 nitrogen and oxygen atoms in total. The molecule has 0 radical (unpaired) electrons. The summed E-state index contributed by atoms with van der Waals surface area (Å²) in [7, 11) is 0. The Kier molecular flexibility index (Phi) is 5.13. The van der Waals surface area contributed by atoms with E-state index in [1.807, 2.05) is 32.9 Å². The summed E-state index contributed by atoms with van der Waals surface area (Å²) in [5.74, 6) is -0.724. The van der Waals surface area contributed by atoms with E-state index >= 15 is 0 Å². The molecule has 1 unspecified atom stereocenters. The molecule has 0 aromatic heterocycles. The van der Waals surface area contributed by atoms with Crippen LogP contribution in [-0.2, 0) is 9.59 Å². The number of anilines is 2. The Hall–Kier alpha value is -2.95. The highest BCUT2D eigenvalue weighted by Gasteiger charge is 2.35. The summed E-state index contributed by atoms with van der Waals surface area (Å²) in [6.07, 6.45) is 0.167. The maximum Gasteiger partial charge on any atom is 0.229 e. The van der Waals surface area contributed by atoms with E-state index in [1.54, 1.807) is 29.2 Å². The summed E-state index contributed by atoms with van der Waals surface area (Å²) in [4.78, 5) is 38.4. The third kappa shape index (κ3) is 3.92. The molecule has 1 aliphatic rings. The first-order chi connectivity index (χ1) is 12.8. The molecule has 140 valence electrons. The summed E-state index contributed by atoms with van der Waals surface area (Å²) in [5, 5.41) is 3.00. The Morgan fingerprint density at radius 3 is 2.37 bits per heavy atom. The molecule has 2 amide bonds. The van der Waals surface area contributed by atoms with Crippen LogP contribution < -0.4 is 10.2 Å².